The molecule has 196 valence electrons. The van der Waals surface area contributed by atoms with E-state index in [4.69, 9.17) is 27.8 Å². The van der Waals surface area contributed by atoms with Gasteiger partial charge in [0, 0.05) is 28.5 Å². The Labute approximate surface area is 225 Å². The summed E-state index contributed by atoms with van der Waals surface area (Å²) in [6, 6.07) is 22.2. The Morgan fingerprint density at radius 1 is 0.974 bits per heavy atom. The first kappa shape index (κ1) is 26.9. The molecule has 0 spiro atoms. The summed E-state index contributed by atoms with van der Waals surface area (Å²) in [5.74, 6) is -1.63. The number of aromatic nitrogens is 1. The number of primary amides is 1. The summed E-state index contributed by atoms with van der Waals surface area (Å²) in [5.41, 5.74) is 13.5. The number of hydrogen-bond donors (Lipinski definition) is 3. The van der Waals surface area contributed by atoms with Gasteiger partial charge >= 0.3 is 6.09 Å². The Morgan fingerprint density at radius 2 is 1.63 bits per heavy atom. The number of amides is 3. The Hall–Kier alpha value is -4.14. The number of hydrogen-bond acceptors (Lipinski definition) is 5. The molecule has 5 N–H and O–H groups in total. The van der Waals surface area contributed by atoms with Gasteiger partial charge in [0.05, 0.1) is 6.04 Å². The SMILES string of the molecule is CC(Cc1ccccc1)(C(N)=O)N(C(=O)OCc1ccc(Cl)cc1)C(=O)[C@@H](N)Cc1c[nH]c2ccccc12. The number of carbonyl (C=O) groups excluding carboxylic acids is 3. The number of nitrogens with two attached hydrogens (primary N) is 2. The number of nitrogens with zero attached hydrogens (tertiary/aromatic N) is 1. The van der Waals surface area contributed by atoms with Crippen LogP contribution in [0.15, 0.2) is 85.1 Å². The van der Waals surface area contributed by atoms with Crippen molar-refractivity contribution < 1.29 is 19.1 Å². The van der Waals surface area contributed by atoms with E-state index in [1.54, 1.807) is 54.7 Å². The van der Waals surface area contributed by atoms with Crippen molar-refractivity contribution in [3.05, 3.63) is 107 Å². The van der Waals surface area contributed by atoms with Crippen LogP contribution < -0.4 is 11.5 Å². The van der Waals surface area contributed by atoms with E-state index in [0.29, 0.717) is 16.1 Å². The Morgan fingerprint density at radius 3 is 2.32 bits per heavy atom. The molecule has 1 heterocycles. The van der Waals surface area contributed by atoms with Gasteiger partial charge < -0.3 is 21.2 Å². The summed E-state index contributed by atoms with van der Waals surface area (Å²) in [6.07, 6.45) is 0.879. The number of benzene rings is 3. The molecule has 0 radical (unpaired) electrons. The molecule has 3 aromatic carbocycles. The van der Waals surface area contributed by atoms with Crippen LogP contribution in [0.4, 0.5) is 4.79 Å². The summed E-state index contributed by atoms with van der Waals surface area (Å²) >= 11 is 5.94. The average Bonchev–Trinajstić information content (AvgIpc) is 3.31. The topological polar surface area (TPSA) is 132 Å². The molecule has 4 aromatic rings. The minimum Gasteiger partial charge on any atom is -0.444 e. The van der Waals surface area contributed by atoms with E-state index in [0.717, 1.165) is 21.4 Å². The normalized spacial score (nSPS) is 13.4. The second kappa shape index (κ2) is 11.5. The van der Waals surface area contributed by atoms with Gasteiger partial charge in [0.1, 0.15) is 12.1 Å². The zero-order chi connectivity index (χ0) is 27.3. The second-order valence-electron chi connectivity index (χ2n) is 9.33. The van der Waals surface area contributed by atoms with E-state index < -0.39 is 29.5 Å². The smallest absolute Gasteiger partial charge is 0.417 e. The fourth-order valence-electron chi connectivity index (χ4n) is 4.39. The van der Waals surface area contributed by atoms with E-state index >= 15 is 0 Å². The van der Waals surface area contributed by atoms with Crippen LogP contribution in [0.5, 0.6) is 0 Å². The summed E-state index contributed by atoms with van der Waals surface area (Å²) in [4.78, 5) is 44.1. The van der Waals surface area contributed by atoms with E-state index in [-0.39, 0.29) is 19.4 Å². The number of H-pyrrole nitrogens is 1. The molecule has 2 atom stereocenters. The van der Waals surface area contributed by atoms with Gasteiger partial charge in [-0.05, 0) is 48.2 Å². The van der Waals surface area contributed by atoms with Crippen LogP contribution >= 0.6 is 11.6 Å². The van der Waals surface area contributed by atoms with Crippen LogP contribution in [0.2, 0.25) is 5.02 Å². The van der Waals surface area contributed by atoms with Crippen molar-refractivity contribution in [3.63, 3.8) is 0 Å². The molecule has 0 saturated carbocycles. The quantitative estimate of drug-likeness (QED) is 0.295. The number of imide groups is 1. The molecule has 9 heteroatoms. The number of aromatic amines is 1. The number of para-hydroxylation sites is 1. The zero-order valence-electron chi connectivity index (χ0n) is 20.9. The third kappa shape index (κ3) is 5.88. The molecule has 0 fully saturated rings. The van der Waals surface area contributed by atoms with Crippen LogP contribution in [0, 0.1) is 0 Å². The van der Waals surface area contributed by atoms with Gasteiger partial charge in [-0.3, -0.25) is 9.59 Å². The average molecular weight is 533 g/mol. The highest BCUT2D eigenvalue weighted by atomic mass is 35.5. The van der Waals surface area contributed by atoms with Gasteiger partial charge in [-0.25, -0.2) is 9.69 Å². The second-order valence-corrected chi connectivity index (χ2v) is 9.76. The lowest BCUT2D eigenvalue weighted by Crippen LogP contribution is -2.64. The van der Waals surface area contributed by atoms with E-state index in [2.05, 4.69) is 4.98 Å². The number of rotatable bonds is 9. The van der Waals surface area contributed by atoms with Crippen molar-refractivity contribution in [1.82, 2.24) is 9.88 Å². The highest BCUT2D eigenvalue weighted by molar-refractivity contribution is 6.30. The van der Waals surface area contributed by atoms with Crippen LogP contribution in [-0.4, -0.2) is 39.4 Å². The van der Waals surface area contributed by atoms with Crippen molar-refractivity contribution in [3.8, 4) is 0 Å². The number of carbonyl (C=O) groups is 3. The maximum absolute atomic E-state index is 13.8. The van der Waals surface area contributed by atoms with Crippen molar-refractivity contribution in [2.45, 2.75) is 38.0 Å². The maximum atomic E-state index is 13.8. The number of fused-ring (bicyclic) bond motifs is 1. The first-order valence-electron chi connectivity index (χ1n) is 12.1. The number of ether oxygens (including phenoxy) is 1. The molecule has 0 saturated heterocycles. The molecule has 1 unspecified atom stereocenters. The number of halogens is 1. The zero-order valence-corrected chi connectivity index (χ0v) is 21.7. The first-order chi connectivity index (χ1) is 18.2. The van der Waals surface area contributed by atoms with Crippen LogP contribution in [0.25, 0.3) is 10.9 Å². The third-order valence-corrected chi connectivity index (χ3v) is 6.78. The molecule has 1 aromatic heterocycles. The monoisotopic (exact) mass is 532 g/mol. The van der Waals surface area contributed by atoms with Gasteiger partial charge in [0.25, 0.3) is 0 Å². The number of nitrogens with one attached hydrogen (secondary N) is 1. The highest BCUT2D eigenvalue weighted by Gasteiger charge is 2.47. The van der Waals surface area contributed by atoms with Gasteiger partial charge in [-0.2, -0.15) is 0 Å². The predicted octanol–water partition coefficient (Wildman–Crippen LogP) is 4.34. The molecule has 0 aliphatic carbocycles. The van der Waals surface area contributed by atoms with Crippen molar-refractivity contribution >= 4 is 40.4 Å². The summed E-state index contributed by atoms with van der Waals surface area (Å²) in [6.45, 7) is 1.31. The Balaban J connectivity index is 1.64. The molecular weight excluding hydrogens is 504 g/mol. The predicted molar refractivity (Wildman–Crippen MR) is 146 cm³/mol. The fourth-order valence-corrected chi connectivity index (χ4v) is 4.51. The third-order valence-electron chi connectivity index (χ3n) is 6.53. The fraction of sp³-hybridized carbons (Fsp3) is 0.207. The largest absolute Gasteiger partial charge is 0.444 e. The summed E-state index contributed by atoms with van der Waals surface area (Å²) in [7, 11) is 0. The van der Waals surface area contributed by atoms with Gasteiger partial charge in [0.15, 0.2) is 0 Å². The Bertz CT molecular complexity index is 1440. The van der Waals surface area contributed by atoms with Crippen molar-refractivity contribution in [2.75, 3.05) is 0 Å². The van der Waals surface area contributed by atoms with Gasteiger partial charge in [0.2, 0.25) is 11.8 Å². The lowest BCUT2D eigenvalue weighted by Gasteiger charge is -2.38. The van der Waals surface area contributed by atoms with Crippen molar-refractivity contribution in [2.24, 2.45) is 11.5 Å². The van der Waals surface area contributed by atoms with Crippen LogP contribution in [-0.2, 0) is 33.8 Å². The van der Waals surface area contributed by atoms with Crippen molar-refractivity contribution in [1.29, 1.82) is 0 Å². The minimum atomic E-state index is -1.74. The highest BCUT2D eigenvalue weighted by Crippen LogP contribution is 2.26. The summed E-state index contributed by atoms with van der Waals surface area (Å²) in [5, 5.41) is 1.44. The standard InChI is InChI=1S/C29H29ClN4O4/c1-29(27(32)36,16-19-7-3-2-4-8-19)34(28(37)38-18-20-11-13-22(30)14-12-20)26(35)24(31)15-21-17-33-25-10-6-5-9-23(21)25/h2-14,17,24,33H,15-16,18,31H2,1H3,(H2,32,36)/t24-,29?/m0/s1. The van der Waals surface area contributed by atoms with Crippen LogP contribution in [0.3, 0.4) is 0 Å². The molecule has 0 bridgehead atoms. The maximum Gasteiger partial charge on any atom is 0.417 e. The first-order valence-corrected chi connectivity index (χ1v) is 12.5. The lowest BCUT2D eigenvalue weighted by atomic mass is 9.89. The summed E-state index contributed by atoms with van der Waals surface area (Å²) < 4.78 is 5.49. The molecule has 0 aliphatic rings. The van der Waals surface area contributed by atoms with Gasteiger partial charge in [-0.15, -0.1) is 0 Å². The van der Waals surface area contributed by atoms with E-state index in [1.165, 1.54) is 6.92 Å². The Kier molecular flexibility index (Phi) is 8.14. The minimum absolute atomic E-state index is 0.00916. The van der Waals surface area contributed by atoms with Gasteiger partial charge in [-0.1, -0.05) is 72.3 Å². The molecule has 0 aliphatic heterocycles. The van der Waals surface area contributed by atoms with Crippen LogP contribution in [0.1, 0.15) is 23.6 Å². The molecule has 4 rings (SSSR count). The molecule has 8 nitrogen and oxygen atoms in total. The molecule has 3 amide bonds. The lowest BCUT2D eigenvalue weighted by molar-refractivity contribution is -0.144. The molecular formula is C29H29ClN4O4. The van der Waals surface area contributed by atoms with E-state index in [9.17, 15) is 14.4 Å². The van der Waals surface area contributed by atoms with E-state index in [1.807, 2.05) is 30.3 Å². The molecule has 38 heavy (non-hydrogen) atoms.